The average Bonchev–Trinajstić information content (AvgIpc) is 2.91. The highest BCUT2D eigenvalue weighted by Gasteiger charge is 2.71. The fraction of sp³-hybridized carbons (Fsp3) is 0.773. The van der Waals surface area contributed by atoms with Crippen LogP contribution in [-0.2, 0) is 19.1 Å². The SMILES string of the molecule is CC(=O)[C@@]1(OC=O)CC[C@H]2[C@@H]3CCC4=CC(=O)CC[C@]4(C)[C@@]3(O)CC[C@@]21C. The summed E-state index contributed by atoms with van der Waals surface area (Å²) >= 11 is 0. The Morgan fingerprint density at radius 2 is 1.89 bits per heavy atom. The molecule has 27 heavy (non-hydrogen) atoms. The highest BCUT2D eigenvalue weighted by molar-refractivity contribution is 5.92. The molecule has 4 aliphatic rings. The van der Waals surface area contributed by atoms with E-state index in [2.05, 4.69) is 13.8 Å². The Hall–Kier alpha value is -1.49. The molecule has 148 valence electrons. The lowest BCUT2D eigenvalue weighted by molar-refractivity contribution is -0.214. The molecule has 0 aromatic rings. The number of carbonyl (C=O) groups is 3. The summed E-state index contributed by atoms with van der Waals surface area (Å²) in [7, 11) is 0. The van der Waals surface area contributed by atoms with Gasteiger partial charge in [0.1, 0.15) is 0 Å². The molecule has 0 heterocycles. The summed E-state index contributed by atoms with van der Waals surface area (Å²) in [6, 6.07) is 0. The van der Waals surface area contributed by atoms with E-state index < -0.39 is 16.6 Å². The number of hydrogen-bond acceptors (Lipinski definition) is 5. The molecule has 0 aromatic heterocycles. The van der Waals surface area contributed by atoms with E-state index in [-0.39, 0.29) is 28.8 Å². The van der Waals surface area contributed by atoms with Crippen molar-refractivity contribution in [2.24, 2.45) is 22.7 Å². The van der Waals surface area contributed by atoms with Crippen LogP contribution in [0.25, 0.3) is 0 Å². The molecule has 0 aliphatic heterocycles. The first-order valence-electron chi connectivity index (χ1n) is 10.2. The lowest BCUT2D eigenvalue weighted by Gasteiger charge is -2.63. The van der Waals surface area contributed by atoms with Gasteiger partial charge in [-0.2, -0.15) is 0 Å². The van der Waals surface area contributed by atoms with Crippen molar-refractivity contribution < 1.29 is 24.2 Å². The smallest absolute Gasteiger partial charge is 0.294 e. The summed E-state index contributed by atoms with van der Waals surface area (Å²) in [4.78, 5) is 35.8. The van der Waals surface area contributed by atoms with Crippen LogP contribution < -0.4 is 0 Å². The highest BCUT2D eigenvalue weighted by atomic mass is 16.5. The van der Waals surface area contributed by atoms with Gasteiger partial charge in [-0.1, -0.05) is 19.4 Å². The van der Waals surface area contributed by atoms with E-state index in [0.717, 1.165) is 24.8 Å². The van der Waals surface area contributed by atoms with Crippen molar-refractivity contribution in [1.82, 2.24) is 0 Å². The van der Waals surface area contributed by atoms with Crippen molar-refractivity contribution in [2.75, 3.05) is 0 Å². The molecule has 5 nitrogen and oxygen atoms in total. The summed E-state index contributed by atoms with van der Waals surface area (Å²) in [6.07, 6.45) is 7.13. The number of ketones is 2. The van der Waals surface area contributed by atoms with Gasteiger partial charge in [-0.3, -0.25) is 14.4 Å². The Morgan fingerprint density at radius 3 is 2.56 bits per heavy atom. The van der Waals surface area contributed by atoms with Crippen LogP contribution in [0.3, 0.4) is 0 Å². The van der Waals surface area contributed by atoms with Crippen LogP contribution in [-0.4, -0.2) is 34.3 Å². The van der Waals surface area contributed by atoms with Gasteiger partial charge < -0.3 is 9.84 Å². The third-order valence-corrected chi connectivity index (χ3v) is 9.09. The van der Waals surface area contributed by atoms with Gasteiger partial charge in [0.25, 0.3) is 6.47 Å². The van der Waals surface area contributed by atoms with Crippen molar-refractivity contribution >= 4 is 18.0 Å². The zero-order valence-electron chi connectivity index (χ0n) is 16.5. The van der Waals surface area contributed by atoms with Crippen LogP contribution >= 0.6 is 0 Å². The largest absolute Gasteiger partial charge is 0.453 e. The summed E-state index contributed by atoms with van der Waals surface area (Å²) in [5.41, 5.74) is -1.66. The van der Waals surface area contributed by atoms with E-state index in [0.29, 0.717) is 38.6 Å². The summed E-state index contributed by atoms with van der Waals surface area (Å²) in [6.45, 7) is 6.14. The third-order valence-electron chi connectivity index (χ3n) is 9.09. The molecular weight excluding hydrogens is 344 g/mol. The standard InChI is InChI=1S/C22H30O5/c1-14(24)22(27-13-23)9-7-17-18-5-4-15-12-16(25)6-8-19(15,2)21(18,26)11-10-20(17,22)3/h12-13,17-18,26H,4-11H2,1-3H3/t17-,18-,19-,20-,21+,22-/m0/s1. The summed E-state index contributed by atoms with van der Waals surface area (Å²) in [5.74, 6) is 0.274. The van der Waals surface area contributed by atoms with Crippen LogP contribution in [0.1, 0.15) is 72.1 Å². The van der Waals surface area contributed by atoms with E-state index in [1.807, 2.05) is 0 Å². The van der Waals surface area contributed by atoms with Crippen molar-refractivity contribution in [3.8, 4) is 0 Å². The molecule has 0 aromatic carbocycles. The Kier molecular flexibility index (Phi) is 4.02. The molecule has 0 saturated heterocycles. The zero-order chi connectivity index (χ0) is 19.7. The Bertz CT molecular complexity index is 741. The molecule has 6 atom stereocenters. The molecule has 3 saturated carbocycles. The first-order valence-corrected chi connectivity index (χ1v) is 10.2. The molecule has 0 bridgehead atoms. The minimum Gasteiger partial charge on any atom is -0.453 e. The van der Waals surface area contributed by atoms with Gasteiger partial charge in [0.05, 0.1) is 5.60 Å². The second kappa shape index (κ2) is 5.76. The Morgan fingerprint density at radius 1 is 1.15 bits per heavy atom. The van der Waals surface area contributed by atoms with Gasteiger partial charge in [-0.05, 0) is 69.8 Å². The van der Waals surface area contributed by atoms with Crippen LogP contribution in [0, 0.1) is 22.7 Å². The molecular formula is C22H30O5. The lowest BCUT2D eigenvalue weighted by atomic mass is 9.44. The topological polar surface area (TPSA) is 80.7 Å². The van der Waals surface area contributed by atoms with Gasteiger partial charge >= 0.3 is 0 Å². The van der Waals surface area contributed by atoms with Gasteiger partial charge in [-0.15, -0.1) is 0 Å². The zero-order valence-corrected chi connectivity index (χ0v) is 16.5. The van der Waals surface area contributed by atoms with Crippen LogP contribution in [0.2, 0.25) is 0 Å². The molecule has 0 amide bonds. The second-order valence-electron chi connectivity index (χ2n) is 9.70. The Balaban J connectivity index is 1.76. The minimum absolute atomic E-state index is 0.0584. The molecule has 4 rings (SSSR count). The average molecular weight is 374 g/mol. The Labute approximate surface area is 160 Å². The van der Waals surface area contributed by atoms with Crippen LogP contribution in [0.5, 0.6) is 0 Å². The highest BCUT2D eigenvalue weighted by Crippen LogP contribution is 2.69. The number of carbonyl (C=O) groups excluding carboxylic acids is 3. The molecule has 5 heteroatoms. The monoisotopic (exact) mass is 374 g/mol. The number of rotatable bonds is 3. The van der Waals surface area contributed by atoms with Crippen molar-refractivity contribution in [3.05, 3.63) is 11.6 Å². The molecule has 3 fully saturated rings. The van der Waals surface area contributed by atoms with Gasteiger partial charge in [0.2, 0.25) is 0 Å². The first kappa shape index (κ1) is 18.9. The van der Waals surface area contributed by atoms with E-state index in [1.54, 1.807) is 6.08 Å². The molecule has 0 spiro atoms. The minimum atomic E-state index is -1.07. The molecule has 0 unspecified atom stereocenters. The van der Waals surface area contributed by atoms with Crippen molar-refractivity contribution in [2.45, 2.75) is 83.3 Å². The number of aliphatic hydroxyl groups is 1. The third kappa shape index (κ3) is 2.12. The van der Waals surface area contributed by atoms with E-state index in [9.17, 15) is 19.5 Å². The number of hydrogen-bond donors (Lipinski definition) is 1. The number of ether oxygens (including phenoxy) is 1. The fourth-order valence-corrected chi connectivity index (χ4v) is 7.44. The summed E-state index contributed by atoms with van der Waals surface area (Å²) < 4.78 is 5.52. The van der Waals surface area contributed by atoms with Gasteiger partial charge in [-0.25, -0.2) is 0 Å². The predicted molar refractivity (Wildman–Crippen MR) is 98.7 cm³/mol. The van der Waals surface area contributed by atoms with Crippen molar-refractivity contribution in [3.63, 3.8) is 0 Å². The summed E-state index contributed by atoms with van der Waals surface area (Å²) in [5, 5.41) is 12.0. The van der Waals surface area contributed by atoms with Crippen LogP contribution in [0.15, 0.2) is 11.6 Å². The maximum Gasteiger partial charge on any atom is 0.294 e. The van der Waals surface area contributed by atoms with Gasteiger partial charge in [0.15, 0.2) is 17.2 Å². The maximum absolute atomic E-state index is 12.6. The first-order chi connectivity index (χ1) is 12.6. The van der Waals surface area contributed by atoms with E-state index in [1.165, 1.54) is 6.92 Å². The molecule has 0 radical (unpaired) electrons. The number of fused-ring (bicyclic) bond motifs is 5. The molecule has 4 aliphatic carbocycles. The normalized spacial score (nSPS) is 48.7. The fourth-order valence-electron chi connectivity index (χ4n) is 7.44. The van der Waals surface area contributed by atoms with Crippen LogP contribution in [0.4, 0.5) is 0 Å². The van der Waals surface area contributed by atoms with E-state index >= 15 is 0 Å². The van der Waals surface area contributed by atoms with E-state index in [4.69, 9.17) is 4.74 Å². The van der Waals surface area contributed by atoms with Gasteiger partial charge in [0, 0.05) is 17.3 Å². The second-order valence-corrected chi connectivity index (χ2v) is 9.70. The number of Topliss-reactive ketones (excluding diaryl/α,β-unsaturated/α-hetero) is 1. The maximum atomic E-state index is 12.6. The van der Waals surface area contributed by atoms with Crippen molar-refractivity contribution in [1.29, 1.82) is 0 Å². The molecule has 1 N–H and O–H groups in total. The lowest BCUT2D eigenvalue weighted by Crippen LogP contribution is -2.65. The predicted octanol–water partition coefficient (Wildman–Crippen LogP) is 3.13. The quantitative estimate of drug-likeness (QED) is 0.768.